The number of benzene rings is 2. The fraction of sp³-hybridized carbons (Fsp3) is 0.400. The van der Waals surface area contributed by atoms with Gasteiger partial charge in [0.2, 0.25) is 5.88 Å². The molecular formula is C30H34FNO4. The number of halogens is 1. The third-order valence-electron chi connectivity index (χ3n) is 6.46. The number of nitrogens with zero attached hydrogens (tertiary/aromatic N) is 1. The van der Waals surface area contributed by atoms with E-state index >= 15 is 0 Å². The van der Waals surface area contributed by atoms with Crippen molar-refractivity contribution in [3.8, 4) is 22.8 Å². The van der Waals surface area contributed by atoms with Gasteiger partial charge < -0.3 is 14.6 Å². The summed E-state index contributed by atoms with van der Waals surface area (Å²) in [6.07, 6.45) is 2.96. The first-order valence-electron chi connectivity index (χ1n) is 12.4. The largest absolute Gasteiger partial charge is 0.497 e. The zero-order valence-corrected chi connectivity index (χ0v) is 21.4. The Bertz CT molecular complexity index is 1230. The van der Waals surface area contributed by atoms with Crippen LogP contribution in [0.4, 0.5) is 4.39 Å². The van der Waals surface area contributed by atoms with Crippen molar-refractivity contribution < 1.29 is 23.8 Å². The highest BCUT2D eigenvalue weighted by atomic mass is 19.1. The van der Waals surface area contributed by atoms with E-state index in [1.165, 1.54) is 6.07 Å². The van der Waals surface area contributed by atoms with E-state index in [1.807, 2.05) is 30.3 Å². The number of ether oxygens (including phenoxy) is 2. The van der Waals surface area contributed by atoms with Crippen LogP contribution in [-0.2, 0) is 17.8 Å². The first-order chi connectivity index (χ1) is 17.1. The molecule has 1 aliphatic carbocycles. The summed E-state index contributed by atoms with van der Waals surface area (Å²) in [6.45, 7) is 6.67. The second-order valence-electron chi connectivity index (χ2n) is 10.8. The summed E-state index contributed by atoms with van der Waals surface area (Å²) in [5.41, 5.74) is 3.88. The van der Waals surface area contributed by atoms with Gasteiger partial charge in [-0.05, 0) is 71.9 Å². The smallest absolute Gasteiger partial charge is 0.303 e. The van der Waals surface area contributed by atoms with Crippen LogP contribution in [0.2, 0.25) is 0 Å². The molecule has 1 aliphatic rings. The summed E-state index contributed by atoms with van der Waals surface area (Å²) >= 11 is 0. The van der Waals surface area contributed by atoms with Crippen LogP contribution in [0.1, 0.15) is 62.8 Å². The Hall–Kier alpha value is -3.41. The number of carboxylic acid groups (broad SMARTS) is 1. The van der Waals surface area contributed by atoms with Gasteiger partial charge >= 0.3 is 5.97 Å². The summed E-state index contributed by atoms with van der Waals surface area (Å²) in [5, 5.41) is 9.34. The van der Waals surface area contributed by atoms with Gasteiger partial charge in [-0.25, -0.2) is 9.37 Å². The molecule has 0 radical (unpaired) electrons. The maximum Gasteiger partial charge on any atom is 0.303 e. The van der Waals surface area contributed by atoms with Crippen LogP contribution in [0.25, 0.3) is 11.1 Å². The predicted octanol–water partition coefficient (Wildman–Crippen LogP) is 7.03. The molecule has 1 aromatic heterocycles. The van der Waals surface area contributed by atoms with E-state index < -0.39 is 5.97 Å². The Kier molecular flexibility index (Phi) is 7.62. The molecule has 6 heteroatoms. The summed E-state index contributed by atoms with van der Waals surface area (Å²) in [7, 11) is 1.56. The molecule has 4 rings (SSSR count). The van der Waals surface area contributed by atoms with Crippen LogP contribution in [0, 0.1) is 17.2 Å². The van der Waals surface area contributed by atoms with Crippen molar-refractivity contribution >= 4 is 5.97 Å². The average molecular weight is 492 g/mol. The summed E-state index contributed by atoms with van der Waals surface area (Å²) in [5.74, 6) is 0.442. The molecule has 1 unspecified atom stereocenters. The molecule has 0 spiro atoms. The average Bonchev–Trinajstić information content (AvgIpc) is 3.66. The van der Waals surface area contributed by atoms with E-state index in [2.05, 4.69) is 20.8 Å². The standard InChI is InChI=1S/C30H34FNO4/c1-30(2,3)17-27-23(25-15-22(35-4)10-12-26(25)31)11-13-28(32-27)36-18-19-6-5-7-21(14-19)24(16-29(33)34)20-8-9-20/h5-7,10-15,20,24H,8-9,16-18H2,1-4H3,(H,33,34). The summed E-state index contributed by atoms with van der Waals surface area (Å²) in [4.78, 5) is 16.1. The first-order valence-corrected chi connectivity index (χ1v) is 12.4. The zero-order chi connectivity index (χ0) is 25.9. The molecule has 1 fully saturated rings. The fourth-order valence-electron chi connectivity index (χ4n) is 4.60. The maximum absolute atomic E-state index is 14.8. The van der Waals surface area contributed by atoms with Gasteiger partial charge in [0.1, 0.15) is 18.2 Å². The Morgan fingerprint density at radius 3 is 2.56 bits per heavy atom. The molecule has 5 nitrogen and oxygen atoms in total. The van der Waals surface area contributed by atoms with Crippen LogP contribution >= 0.6 is 0 Å². The van der Waals surface area contributed by atoms with E-state index in [0.717, 1.165) is 35.2 Å². The Morgan fingerprint density at radius 2 is 1.89 bits per heavy atom. The minimum absolute atomic E-state index is 0.0380. The number of hydrogen-bond donors (Lipinski definition) is 1. The molecule has 36 heavy (non-hydrogen) atoms. The number of aromatic nitrogens is 1. The van der Waals surface area contributed by atoms with Crippen molar-refractivity contribution in [2.45, 2.75) is 59.0 Å². The van der Waals surface area contributed by atoms with Crippen molar-refractivity contribution in [1.29, 1.82) is 0 Å². The van der Waals surface area contributed by atoms with Crippen LogP contribution in [0.5, 0.6) is 11.6 Å². The highest BCUT2D eigenvalue weighted by molar-refractivity contribution is 5.69. The molecule has 1 atom stereocenters. The molecule has 0 aliphatic heterocycles. The van der Waals surface area contributed by atoms with Crippen molar-refractivity contribution in [2.75, 3.05) is 7.11 Å². The number of pyridine rings is 1. The van der Waals surface area contributed by atoms with Crippen LogP contribution in [-0.4, -0.2) is 23.2 Å². The minimum Gasteiger partial charge on any atom is -0.497 e. The van der Waals surface area contributed by atoms with Crippen LogP contribution in [0.15, 0.2) is 54.6 Å². The van der Waals surface area contributed by atoms with E-state index in [4.69, 9.17) is 14.5 Å². The molecule has 1 saturated carbocycles. The molecule has 0 bridgehead atoms. The van der Waals surface area contributed by atoms with E-state index in [1.54, 1.807) is 25.3 Å². The van der Waals surface area contributed by atoms with Gasteiger partial charge in [-0.1, -0.05) is 45.0 Å². The number of aliphatic carboxylic acids is 1. The van der Waals surface area contributed by atoms with Crippen LogP contribution in [0.3, 0.4) is 0 Å². The van der Waals surface area contributed by atoms with Gasteiger partial charge in [-0.2, -0.15) is 0 Å². The highest BCUT2D eigenvalue weighted by Gasteiger charge is 2.33. The molecule has 0 saturated heterocycles. The fourth-order valence-corrected chi connectivity index (χ4v) is 4.60. The lowest BCUT2D eigenvalue weighted by Gasteiger charge is -2.21. The van der Waals surface area contributed by atoms with Crippen molar-refractivity contribution in [2.24, 2.45) is 11.3 Å². The Morgan fingerprint density at radius 1 is 1.11 bits per heavy atom. The van der Waals surface area contributed by atoms with Crippen molar-refractivity contribution in [1.82, 2.24) is 4.98 Å². The molecule has 3 aromatic rings. The maximum atomic E-state index is 14.8. The van der Waals surface area contributed by atoms with Crippen molar-refractivity contribution in [3.05, 3.63) is 77.2 Å². The molecule has 1 heterocycles. The molecule has 2 aromatic carbocycles. The van der Waals surface area contributed by atoms with Gasteiger partial charge in [0.25, 0.3) is 0 Å². The minimum atomic E-state index is -0.767. The summed E-state index contributed by atoms with van der Waals surface area (Å²) < 4.78 is 26.1. The van der Waals surface area contributed by atoms with Gasteiger partial charge in [0.15, 0.2) is 0 Å². The second kappa shape index (κ2) is 10.7. The van der Waals surface area contributed by atoms with Gasteiger partial charge in [0.05, 0.1) is 19.2 Å². The Balaban J connectivity index is 1.57. The van der Waals surface area contributed by atoms with E-state index in [9.17, 15) is 14.3 Å². The number of hydrogen-bond acceptors (Lipinski definition) is 4. The van der Waals surface area contributed by atoms with Crippen LogP contribution < -0.4 is 9.47 Å². The Labute approximate surface area is 212 Å². The number of rotatable bonds is 10. The summed E-state index contributed by atoms with van der Waals surface area (Å²) in [6, 6.07) is 16.3. The monoisotopic (exact) mass is 491 g/mol. The lowest BCUT2D eigenvalue weighted by Crippen LogP contribution is -2.12. The number of carbonyl (C=O) groups is 1. The van der Waals surface area contributed by atoms with Gasteiger partial charge in [-0.15, -0.1) is 0 Å². The van der Waals surface area contributed by atoms with E-state index in [-0.39, 0.29) is 23.6 Å². The highest BCUT2D eigenvalue weighted by Crippen LogP contribution is 2.44. The SMILES string of the molecule is COc1ccc(F)c(-c2ccc(OCc3cccc(C(CC(=O)O)C4CC4)c3)nc2CC(C)(C)C)c1. The number of carboxylic acids is 1. The van der Waals surface area contributed by atoms with Gasteiger partial charge in [-0.3, -0.25) is 4.79 Å². The molecule has 0 amide bonds. The third kappa shape index (κ3) is 6.62. The molecular weight excluding hydrogens is 457 g/mol. The lowest BCUT2D eigenvalue weighted by molar-refractivity contribution is -0.137. The number of methoxy groups -OCH3 is 1. The van der Waals surface area contributed by atoms with Crippen molar-refractivity contribution in [3.63, 3.8) is 0 Å². The lowest BCUT2D eigenvalue weighted by atomic mass is 9.87. The van der Waals surface area contributed by atoms with E-state index in [0.29, 0.717) is 36.1 Å². The normalized spacial score (nSPS) is 14.4. The topological polar surface area (TPSA) is 68.7 Å². The second-order valence-corrected chi connectivity index (χ2v) is 10.8. The first kappa shape index (κ1) is 25.7. The van der Waals surface area contributed by atoms with Gasteiger partial charge in [0, 0.05) is 17.2 Å². The zero-order valence-electron chi connectivity index (χ0n) is 21.4. The molecule has 1 N–H and O–H groups in total. The quantitative estimate of drug-likeness (QED) is 0.330. The third-order valence-corrected chi connectivity index (χ3v) is 6.46. The molecule has 190 valence electrons. The predicted molar refractivity (Wildman–Crippen MR) is 138 cm³/mol.